The van der Waals surface area contributed by atoms with Gasteiger partial charge in [-0.25, -0.2) is 8.98 Å². The zero-order chi connectivity index (χ0) is 68.6. The molecule has 8 atom stereocenters. The Bertz CT molecular complexity index is 2230. The molecule has 12 N–H and O–H groups in total. The number of fused-ring (bicyclic) bond motifs is 1. The molecule has 0 spiro atoms. The molecule has 0 saturated carbocycles. The molecule has 3 saturated heterocycles. The number of allylic oxidation sites excluding steroid dienone is 1. The largest absolute Gasteiger partial charge is 0.463 e. The van der Waals surface area contributed by atoms with Crippen molar-refractivity contribution in [3.8, 4) is 5.75 Å². The van der Waals surface area contributed by atoms with Crippen LogP contribution in [0.5, 0.6) is 5.75 Å². The lowest BCUT2D eigenvalue weighted by Gasteiger charge is -2.42. The number of likely N-dealkylation sites (N-methyl/N-ethyl adjacent to an activating group) is 1. The van der Waals surface area contributed by atoms with Gasteiger partial charge in [0.05, 0.1) is 78.1 Å². The number of anilines is 1. The SMILES string of the molecule is C=CC=O.CN(CC(=O)NCCCCOCCOCCOCCCCNCCC=O)C(=O)CCCC[C@@H]1SC[C@@H]2NC(=O)N[C@@H]21.CNc1ccc(OC2OC(COS(=O)(=O)O)C(O)C(O)C2NC(C)=O)cc1.NCCCCOCCOCCOCCCCNCCC=O. The van der Waals surface area contributed by atoms with E-state index in [0.717, 1.165) is 141 Å². The van der Waals surface area contributed by atoms with Gasteiger partial charge in [-0.1, -0.05) is 13.0 Å². The van der Waals surface area contributed by atoms with E-state index in [9.17, 15) is 47.4 Å². The quantitative estimate of drug-likeness (QED) is 0.0143. The van der Waals surface area contributed by atoms with Crippen LogP contribution in [0.3, 0.4) is 0 Å². The third kappa shape index (κ3) is 45.9. The molecule has 3 aliphatic rings. The van der Waals surface area contributed by atoms with Crippen molar-refractivity contribution in [2.24, 2.45) is 5.73 Å². The highest BCUT2D eigenvalue weighted by Crippen LogP contribution is 2.33. The monoisotopic (exact) mass is 1370 g/mol. The average Bonchev–Trinajstić information content (AvgIpc) is 1.71. The first-order valence-corrected chi connectivity index (χ1v) is 34.4. The molecule has 4 rings (SSSR count). The van der Waals surface area contributed by atoms with Gasteiger partial charge in [0.15, 0.2) is 0 Å². The second kappa shape index (κ2) is 57.3. The van der Waals surface area contributed by atoms with Crippen molar-refractivity contribution >= 4 is 70.5 Å². The van der Waals surface area contributed by atoms with E-state index in [4.69, 9.17) is 53.0 Å². The molecule has 0 aliphatic carbocycles. The molecule has 5 unspecified atom stereocenters. The van der Waals surface area contributed by atoms with Crippen molar-refractivity contribution in [1.29, 1.82) is 0 Å². The Kier molecular flexibility index (Phi) is 52.9. The highest BCUT2D eigenvalue weighted by atomic mass is 32.3. The number of hydrogen-bond donors (Lipinski definition) is 11. The van der Waals surface area contributed by atoms with Crippen molar-refractivity contribution in [2.45, 2.75) is 145 Å². The molecular formula is C61H109N9O21S2. The molecule has 0 bridgehead atoms. The summed E-state index contributed by atoms with van der Waals surface area (Å²) in [6, 6.07) is 5.87. The normalized spacial score (nSPS) is 19.5. The van der Waals surface area contributed by atoms with Crippen LogP contribution in [-0.4, -0.2) is 270 Å². The third-order valence-corrected chi connectivity index (χ3v) is 15.7. The van der Waals surface area contributed by atoms with Crippen LogP contribution in [0, 0.1) is 0 Å². The Labute approximate surface area is 553 Å². The predicted molar refractivity (Wildman–Crippen MR) is 351 cm³/mol. The minimum absolute atomic E-state index is 0.0220. The average molecular weight is 1370 g/mol. The fourth-order valence-electron chi connectivity index (χ4n) is 8.83. The number of carbonyl (C=O) groups excluding carboxylic acids is 7. The van der Waals surface area contributed by atoms with Crippen molar-refractivity contribution < 1.29 is 98.8 Å². The van der Waals surface area contributed by atoms with Crippen LogP contribution in [0.1, 0.15) is 96.8 Å². The molecule has 93 heavy (non-hydrogen) atoms. The molecule has 536 valence electrons. The number of aldehydes is 3. The van der Waals surface area contributed by atoms with Crippen LogP contribution >= 0.6 is 11.8 Å². The lowest BCUT2D eigenvalue weighted by Crippen LogP contribution is -2.65. The number of unbranched alkanes of at least 4 members (excludes halogenated alkanes) is 5. The second-order valence-corrected chi connectivity index (χ2v) is 23.8. The number of nitrogens with two attached hydrogens (primary N) is 1. The summed E-state index contributed by atoms with van der Waals surface area (Å²) >= 11 is 1.88. The zero-order valence-corrected chi connectivity index (χ0v) is 56.4. The summed E-state index contributed by atoms with van der Waals surface area (Å²) in [6.45, 7) is 15.8. The topological polar surface area (TPSA) is 411 Å². The molecule has 0 radical (unpaired) electrons. The number of carbonyl (C=O) groups is 7. The van der Waals surface area contributed by atoms with Crippen LogP contribution in [0.15, 0.2) is 36.9 Å². The van der Waals surface area contributed by atoms with Crippen molar-refractivity contribution in [3.05, 3.63) is 36.9 Å². The van der Waals surface area contributed by atoms with Crippen LogP contribution in [0.25, 0.3) is 0 Å². The fourth-order valence-corrected chi connectivity index (χ4v) is 10.7. The van der Waals surface area contributed by atoms with E-state index in [1.165, 1.54) is 17.9 Å². The molecule has 1 aromatic carbocycles. The zero-order valence-electron chi connectivity index (χ0n) is 54.7. The Hall–Kier alpha value is -5.01. The minimum atomic E-state index is -4.77. The molecule has 3 aliphatic heterocycles. The maximum Gasteiger partial charge on any atom is 0.397 e. The van der Waals surface area contributed by atoms with Crippen molar-refractivity contribution in [2.75, 3.05) is 157 Å². The first-order chi connectivity index (χ1) is 44.9. The van der Waals surface area contributed by atoms with Crippen molar-refractivity contribution in [3.63, 3.8) is 0 Å². The van der Waals surface area contributed by atoms with E-state index in [0.29, 0.717) is 109 Å². The number of thioether (sulfide) groups is 1. The van der Waals surface area contributed by atoms with Gasteiger partial charge < -0.3 is 106 Å². The van der Waals surface area contributed by atoms with Gasteiger partial charge in [0.25, 0.3) is 0 Å². The number of rotatable bonds is 52. The third-order valence-electron chi connectivity index (χ3n) is 13.7. The summed E-state index contributed by atoms with van der Waals surface area (Å²) < 4.78 is 78.3. The molecule has 3 heterocycles. The number of urea groups is 1. The minimum Gasteiger partial charge on any atom is -0.463 e. The molecule has 1 aromatic rings. The molecule has 3 fully saturated rings. The number of nitrogens with one attached hydrogen (secondary N) is 7. The summed E-state index contributed by atoms with van der Waals surface area (Å²) in [5.41, 5.74) is 6.20. The van der Waals surface area contributed by atoms with E-state index in [-0.39, 0.29) is 36.5 Å². The van der Waals surface area contributed by atoms with Crippen LogP contribution in [0.2, 0.25) is 0 Å². The second-order valence-electron chi connectivity index (χ2n) is 21.4. The van der Waals surface area contributed by atoms with Gasteiger partial charge in [-0.2, -0.15) is 20.2 Å². The predicted octanol–water partition coefficient (Wildman–Crippen LogP) is 1.06. The summed E-state index contributed by atoms with van der Waals surface area (Å²) in [5.74, 6) is 0.609. The number of hydrogen-bond acceptors (Lipinski definition) is 25. The van der Waals surface area contributed by atoms with E-state index < -0.39 is 53.6 Å². The van der Waals surface area contributed by atoms with Gasteiger partial charge in [-0.05, 0) is 114 Å². The number of benzene rings is 1. The summed E-state index contributed by atoms with van der Waals surface area (Å²) in [7, 11) is -1.36. The molecule has 0 aromatic heterocycles. The summed E-state index contributed by atoms with van der Waals surface area (Å²) in [5, 5.41) is 41.4. The standard InChI is InChI=1S/C28H51N5O7S.C15H22N2O9S.C15H32N2O4.C3H4O/c1-33(26(36)10-3-2-9-24-27-23(22-41-24)31-28(37)32-27)21-25(35)30-13-5-7-16-39-18-20-40-19-17-38-15-6-4-11-29-12-8-14-34;1-8(18)17-12-14(20)13(19)11(7-24-27(21,22)23)26-15(12)25-10-5-3-9(16-2)4-6-10;16-6-1-3-10-19-12-14-21-15-13-20-11-4-2-7-17-8-5-9-18;1-2-3-4/h14,23-24,27,29H,2-13,15-22H2,1H3,(H,30,35)(H2,31,32,37);3-6,11-16,19-20H,7H2,1-2H3,(H,17,18)(H,21,22,23);9,17H,1-8,10-16H2;2-3H,1H2/t23-,24-,27-;;;/m0.../s1. The summed E-state index contributed by atoms with van der Waals surface area (Å²) in [4.78, 5) is 78.3. The van der Waals surface area contributed by atoms with Gasteiger partial charge in [0, 0.05) is 103 Å². The van der Waals surface area contributed by atoms with E-state index in [1.807, 2.05) is 11.8 Å². The molecule has 30 nitrogen and oxygen atoms in total. The van der Waals surface area contributed by atoms with Gasteiger partial charge in [-0.15, -0.1) is 0 Å². The molecule has 5 amide bonds. The highest BCUT2D eigenvalue weighted by molar-refractivity contribution is 8.00. The van der Waals surface area contributed by atoms with Crippen LogP contribution in [0.4, 0.5) is 10.5 Å². The van der Waals surface area contributed by atoms with Gasteiger partial charge in [-0.3, -0.25) is 23.7 Å². The maximum absolute atomic E-state index is 12.4. The van der Waals surface area contributed by atoms with Gasteiger partial charge in [0.2, 0.25) is 24.0 Å². The Morgan fingerprint density at radius 3 is 1.74 bits per heavy atom. The Balaban J connectivity index is 0.000000718. The van der Waals surface area contributed by atoms with E-state index in [2.05, 4.69) is 48.0 Å². The highest BCUT2D eigenvalue weighted by Gasteiger charge is 2.47. The summed E-state index contributed by atoms with van der Waals surface area (Å²) in [6.07, 6.45) is 9.97. The van der Waals surface area contributed by atoms with Crippen LogP contribution < -0.4 is 47.7 Å². The smallest absolute Gasteiger partial charge is 0.397 e. The molecule has 32 heteroatoms. The first kappa shape index (κ1) is 86.0. The fraction of sp³-hybridized carbons (Fsp3) is 0.754. The first-order valence-electron chi connectivity index (χ1n) is 32.0. The number of amides is 5. The lowest BCUT2D eigenvalue weighted by molar-refractivity contribution is -0.242. The Morgan fingerprint density at radius 2 is 1.26 bits per heavy atom. The number of aliphatic hydroxyl groups excluding tert-OH is 2. The lowest BCUT2D eigenvalue weighted by atomic mass is 9.97. The number of aliphatic hydroxyl groups is 2. The maximum atomic E-state index is 12.4. The number of ether oxygens (including phenoxy) is 8. The Morgan fingerprint density at radius 1 is 0.742 bits per heavy atom. The van der Waals surface area contributed by atoms with E-state index >= 15 is 0 Å². The van der Waals surface area contributed by atoms with Gasteiger partial charge in [0.1, 0.15) is 49.0 Å². The van der Waals surface area contributed by atoms with Crippen molar-refractivity contribution in [1.82, 2.24) is 36.8 Å². The number of nitrogens with zero attached hydrogens (tertiary/aromatic N) is 1. The van der Waals surface area contributed by atoms with Crippen LogP contribution in [-0.2, 0) is 76.5 Å². The van der Waals surface area contributed by atoms with Gasteiger partial charge >= 0.3 is 16.4 Å². The molecular weight excluding hydrogens is 1260 g/mol. The van der Waals surface area contributed by atoms with E-state index in [1.54, 1.807) is 38.4 Å².